The fourth-order valence-electron chi connectivity index (χ4n) is 4.27. The zero-order valence-corrected chi connectivity index (χ0v) is 13.7. The molecule has 0 bridgehead atoms. The molecule has 3 heteroatoms. The molecule has 1 saturated heterocycles. The third-order valence-electron chi connectivity index (χ3n) is 6.12. The van der Waals surface area contributed by atoms with E-state index in [1.165, 1.54) is 38.8 Å². The van der Waals surface area contributed by atoms with Crippen LogP contribution in [-0.4, -0.2) is 47.8 Å². The maximum atomic E-state index is 9.82. The molecule has 1 aliphatic carbocycles. The van der Waals surface area contributed by atoms with E-state index in [0.29, 0.717) is 18.1 Å². The molecule has 3 nitrogen and oxygen atoms in total. The molecule has 1 saturated carbocycles. The summed E-state index contributed by atoms with van der Waals surface area (Å²) < 4.78 is 0. The number of likely N-dealkylation sites (tertiary alicyclic amines) is 1. The molecule has 2 aliphatic rings. The van der Waals surface area contributed by atoms with E-state index in [2.05, 4.69) is 31.0 Å². The highest BCUT2D eigenvalue weighted by Gasteiger charge is 2.44. The Morgan fingerprint density at radius 3 is 2.50 bits per heavy atom. The SMILES string of the molecule is CCCNC1(CO)CCC(N2CCC(CC)(CC)C2)C1. The normalized spacial score (nSPS) is 33.9. The van der Waals surface area contributed by atoms with Crippen LogP contribution >= 0.6 is 0 Å². The molecule has 1 aliphatic heterocycles. The molecule has 2 atom stereocenters. The lowest BCUT2D eigenvalue weighted by atomic mass is 9.82. The quantitative estimate of drug-likeness (QED) is 0.754. The Hall–Kier alpha value is -0.120. The molecule has 0 aromatic carbocycles. The summed E-state index contributed by atoms with van der Waals surface area (Å²) in [6.07, 6.45) is 8.65. The van der Waals surface area contributed by atoms with Crippen molar-refractivity contribution < 1.29 is 5.11 Å². The van der Waals surface area contributed by atoms with Crippen LogP contribution in [0, 0.1) is 5.41 Å². The Morgan fingerprint density at radius 1 is 1.20 bits per heavy atom. The van der Waals surface area contributed by atoms with Crippen molar-refractivity contribution >= 4 is 0 Å². The molecular formula is C17H34N2O. The van der Waals surface area contributed by atoms with Crippen molar-refractivity contribution in [3.63, 3.8) is 0 Å². The predicted molar refractivity (Wildman–Crippen MR) is 85.0 cm³/mol. The Morgan fingerprint density at radius 2 is 1.95 bits per heavy atom. The first-order valence-corrected chi connectivity index (χ1v) is 8.72. The van der Waals surface area contributed by atoms with E-state index in [9.17, 15) is 5.11 Å². The predicted octanol–water partition coefficient (Wildman–Crippen LogP) is 2.78. The van der Waals surface area contributed by atoms with Crippen LogP contribution in [0.15, 0.2) is 0 Å². The van der Waals surface area contributed by atoms with Crippen LogP contribution in [0.3, 0.4) is 0 Å². The van der Waals surface area contributed by atoms with Gasteiger partial charge in [-0.05, 0) is 63.5 Å². The van der Waals surface area contributed by atoms with Crippen LogP contribution < -0.4 is 5.32 Å². The van der Waals surface area contributed by atoms with Gasteiger partial charge in [-0.25, -0.2) is 0 Å². The minimum Gasteiger partial charge on any atom is -0.394 e. The molecule has 0 aromatic heterocycles. The first kappa shape index (κ1) is 16.3. The molecule has 2 unspecified atom stereocenters. The summed E-state index contributed by atoms with van der Waals surface area (Å²) in [4.78, 5) is 2.72. The topological polar surface area (TPSA) is 35.5 Å². The van der Waals surface area contributed by atoms with Crippen molar-refractivity contribution in [2.24, 2.45) is 5.41 Å². The van der Waals surface area contributed by atoms with Gasteiger partial charge in [0.15, 0.2) is 0 Å². The second-order valence-corrected chi connectivity index (χ2v) is 7.19. The fraction of sp³-hybridized carbons (Fsp3) is 1.00. The standard InChI is InChI=1S/C17H34N2O/c1-4-10-18-17(14-20)8-7-15(12-17)19-11-9-16(5-2,6-3)13-19/h15,18,20H,4-14H2,1-3H3. The minimum atomic E-state index is 0.00432. The second-order valence-electron chi connectivity index (χ2n) is 7.19. The Kier molecular flexibility index (Phi) is 5.49. The van der Waals surface area contributed by atoms with Crippen LogP contribution in [0.25, 0.3) is 0 Å². The zero-order valence-electron chi connectivity index (χ0n) is 13.7. The van der Waals surface area contributed by atoms with Gasteiger partial charge >= 0.3 is 0 Å². The second kappa shape index (κ2) is 6.76. The third-order valence-corrected chi connectivity index (χ3v) is 6.12. The van der Waals surface area contributed by atoms with Gasteiger partial charge in [0, 0.05) is 18.1 Å². The van der Waals surface area contributed by atoms with Gasteiger partial charge in [0.2, 0.25) is 0 Å². The molecule has 2 rings (SSSR count). The minimum absolute atomic E-state index is 0.00432. The summed E-state index contributed by atoms with van der Waals surface area (Å²) in [5.74, 6) is 0. The number of aliphatic hydroxyl groups excluding tert-OH is 1. The number of rotatable bonds is 7. The van der Waals surface area contributed by atoms with Crippen LogP contribution in [0.2, 0.25) is 0 Å². The largest absolute Gasteiger partial charge is 0.394 e. The van der Waals surface area contributed by atoms with Gasteiger partial charge in [-0.1, -0.05) is 20.8 Å². The van der Waals surface area contributed by atoms with Crippen LogP contribution in [0.1, 0.15) is 65.7 Å². The molecule has 20 heavy (non-hydrogen) atoms. The summed E-state index contributed by atoms with van der Waals surface area (Å²) in [5.41, 5.74) is 0.575. The van der Waals surface area contributed by atoms with Gasteiger partial charge in [-0.3, -0.25) is 4.90 Å². The average molecular weight is 282 g/mol. The summed E-state index contributed by atoms with van der Waals surface area (Å²) in [6, 6.07) is 0.687. The molecule has 0 radical (unpaired) electrons. The Balaban J connectivity index is 1.93. The lowest BCUT2D eigenvalue weighted by molar-refractivity contribution is 0.144. The number of hydrogen-bond donors (Lipinski definition) is 2. The van der Waals surface area contributed by atoms with Crippen molar-refractivity contribution in [1.29, 1.82) is 0 Å². The first-order chi connectivity index (χ1) is 9.62. The van der Waals surface area contributed by atoms with E-state index in [0.717, 1.165) is 25.8 Å². The third kappa shape index (κ3) is 3.20. The van der Waals surface area contributed by atoms with Gasteiger partial charge in [0.25, 0.3) is 0 Å². The molecular weight excluding hydrogens is 248 g/mol. The molecule has 2 fully saturated rings. The molecule has 2 N–H and O–H groups in total. The monoisotopic (exact) mass is 282 g/mol. The number of nitrogens with one attached hydrogen (secondary N) is 1. The highest BCUT2D eigenvalue weighted by Crippen LogP contribution is 2.42. The lowest BCUT2D eigenvalue weighted by Gasteiger charge is -2.32. The van der Waals surface area contributed by atoms with E-state index in [1.807, 2.05) is 0 Å². The van der Waals surface area contributed by atoms with Crippen molar-refractivity contribution in [1.82, 2.24) is 10.2 Å². The van der Waals surface area contributed by atoms with E-state index in [-0.39, 0.29) is 5.54 Å². The number of hydrogen-bond acceptors (Lipinski definition) is 3. The smallest absolute Gasteiger partial charge is 0.0613 e. The van der Waals surface area contributed by atoms with Crippen LogP contribution in [0.4, 0.5) is 0 Å². The maximum absolute atomic E-state index is 9.82. The molecule has 118 valence electrons. The van der Waals surface area contributed by atoms with Gasteiger partial charge in [0.1, 0.15) is 0 Å². The Bertz CT molecular complexity index is 303. The number of aliphatic hydroxyl groups is 1. The van der Waals surface area contributed by atoms with Gasteiger partial charge in [0.05, 0.1) is 6.61 Å². The van der Waals surface area contributed by atoms with Crippen molar-refractivity contribution in [3.8, 4) is 0 Å². The van der Waals surface area contributed by atoms with Gasteiger partial charge in [-0.15, -0.1) is 0 Å². The molecule has 0 amide bonds. The van der Waals surface area contributed by atoms with E-state index < -0.39 is 0 Å². The van der Waals surface area contributed by atoms with E-state index in [4.69, 9.17) is 0 Å². The van der Waals surface area contributed by atoms with Gasteiger partial charge < -0.3 is 10.4 Å². The fourth-order valence-corrected chi connectivity index (χ4v) is 4.27. The highest BCUT2D eigenvalue weighted by atomic mass is 16.3. The first-order valence-electron chi connectivity index (χ1n) is 8.72. The zero-order chi connectivity index (χ0) is 14.6. The Labute approximate surface area is 125 Å². The average Bonchev–Trinajstić information content (AvgIpc) is 3.10. The van der Waals surface area contributed by atoms with Crippen molar-refractivity contribution in [3.05, 3.63) is 0 Å². The van der Waals surface area contributed by atoms with E-state index >= 15 is 0 Å². The van der Waals surface area contributed by atoms with Crippen LogP contribution in [0.5, 0.6) is 0 Å². The molecule has 1 heterocycles. The molecule has 0 spiro atoms. The summed E-state index contributed by atoms with van der Waals surface area (Å²) in [6.45, 7) is 10.8. The highest BCUT2D eigenvalue weighted by molar-refractivity contribution is 5.02. The number of nitrogens with zero attached hydrogens (tertiary/aromatic N) is 1. The molecule has 0 aromatic rings. The van der Waals surface area contributed by atoms with E-state index in [1.54, 1.807) is 0 Å². The summed E-state index contributed by atoms with van der Waals surface area (Å²) >= 11 is 0. The van der Waals surface area contributed by atoms with Crippen LogP contribution in [-0.2, 0) is 0 Å². The summed E-state index contributed by atoms with van der Waals surface area (Å²) in [7, 11) is 0. The van der Waals surface area contributed by atoms with Gasteiger partial charge in [-0.2, -0.15) is 0 Å². The van der Waals surface area contributed by atoms with Crippen molar-refractivity contribution in [2.75, 3.05) is 26.2 Å². The summed E-state index contributed by atoms with van der Waals surface area (Å²) in [5, 5.41) is 13.4. The lowest BCUT2D eigenvalue weighted by Crippen LogP contribution is -2.48. The van der Waals surface area contributed by atoms with Crippen molar-refractivity contribution in [2.45, 2.75) is 77.3 Å². The maximum Gasteiger partial charge on any atom is 0.0613 e.